The Morgan fingerprint density at radius 3 is 2.56 bits per heavy atom. The predicted molar refractivity (Wildman–Crippen MR) is 79.7 cm³/mol. The third kappa shape index (κ3) is 5.58. The Morgan fingerprint density at radius 1 is 1.28 bits per heavy atom. The quantitative estimate of drug-likeness (QED) is 0.816. The summed E-state index contributed by atoms with van der Waals surface area (Å²) < 4.78 is 0. The van der Waals surface area contributed by atoms with E-state index in [0.717, 1.165) is 18.6 Å². The van der Waals surface area contributed by atoms with Gasteiger partial charge in [-0.2, -0.15) is 0 Å². The first-order chi connectivity index (χ1) is 8.63. The van der Waals surface area contributed by atoms with Crippen LogP contribution in [0.3, 0.4) is 0 Å². The second-order valence-corrected chi connectivity index (χ2v) is 5.97. The average Bonchev–Trinajstić information content (AvgIpc) is 2.37. The molecule has 0 radical (unpaired) electrons. The van der Waals surface area contributed by atoms with Crippen molar-refractivity contribution in [3.8, 4) is 0 Å². The summed E-state index contributed by atoms with van der Waals surface area (Å²) in [6.07, 6.45) is 2.15. The fourth-order valence-electron chi connectivity index (χ4n) is 1.74. The summed E-state index contributed by atoms with van der Waals surface area (Å²) in [7, 11) is 0. The van der Waals surface area contributed by atoms with Crippen LogP contribution in [-0.2, 0) is 10.5 Å². The van der Waals surface area contributed by atoms with Gasteiger partial charge in [-0.25, -0.2) is 0 Å². The van der Waals surface area contributed by atoms with Crippen LogP contribution in [0, 0.1) is 0 Å². The van der Waals surface area contributed by atoms with Crippen LogP contribution in [0.1, 0.15) is 39.2 Å². The molecule has 0 saturated heterocycles. The van der Waals surface area contributed by atoms with E-state index in [4.69, 9.17) is 0 Å². The highest BCUT2D eigenvalue weighted by Gasteiger charge is 2.15. The molecule has 0 aliphatic carbocycles. The van der Waals surface area contributed by atoms with Gasteiger partial charge in [-0.15, -0.1) is 11.8 Å². The van der Waals surface area contributed by atoms with Crippen LogP contribution in [0.5, 0.6) is 0 Å². The zero-order valence-electron chi connectivity index (χ0n) is 11.5. The summed E-state index contributed by atoms with van der Waals surface area (Å²) in [5.41, 5.74) is 1.27. The summed E-state index contributed by atoms with van der Waals surface area (Å²) in [6, 6.07) is 10.5. The Morgan fingerprint density at radius 2 is 1.94 bits per heavy atom. The summed E-state index contributed by atoms with van der Waals surface area (Å²) in [5, 5.41) is 3.06. The van der Waals surface area contributed by atoms with Crippen molar-refractivity contribution in [2.24, 2.45) is 0 Å². The van der Waals surface area contributed by atoms with Crippen molar-refractivity contribution < 1.29 is 4.79 Å². The van der Waals surface area contributed by atoms with Gasteiger partial charge in [0.15, 0.2) is 0 Å². The molecule has 0 saturated carbocycles. The molecule has 0 aromatic heterocycles. The third-order valence-corrected chi connectivity index (χ3v) is 4.04. The van der Waals surface area contributed by atoms with Crippen molar-refractivity contribution in [2.45, 2.75) is 50.7 Å². The number of carbonyl (C=O) groups excluding carboxylic acids is 1. The number of amides is 1. The molecule has 0 fully saturated rings. The Balaban J connectivity index is 2.32. The molecule has 100 valence electrons. The van der Waals surface area contributed by atoms with Crippen molar-refractivity contribution >= 4 is 17.7 Å². The molecule has 18 heavy (non-hydrogen) atoms. The lowest BCUT2D eigenvalue weighted by Gasteiger charge is -2.16. The normalized spacial score (nSPS) is 13.9. The lowest BCUT2D eigenvalue weighted by molar-refractivity contribution is -0.120. The molecule has 0 aliphatic heterocycles. The maximum Gasteiger partial charge on any atom is 0.233 e. The molecule has 1 rings (SSSR count). The fourth-order valence-corrected chi connectivity index (χ4v) is 2.59. The van der Waals surface area contributed by atoms with E-state index >= 15 is 0 Å². The number of benzene rings is 1. The molecule has 0 heterocycles. The van der Waals surface area contributed by atoms with Gasteiger partial charge in [0.05, 0.1) is 5.25 Å². The average molecular weight is 265 g/mol. The van der Waals surface area contributed by atoms with Crippen molar-refractivity contribution in [2.75, 3.05) is 0 Å². The molecule has 0 unspecified atom stereocenters. The lowest BCUT2D eigenvalue weighted by Crippen LogP contribution is -2.37. The van der Waals surface area contributed by atoms with E-state index in [1.807, 2.05) is 25.1 Å². The highest BCUT2D eigenvalue weighted by Crippen LogP contribution is 2.17. The van der Waals surface area contributed by atoms with Gasteiger partial charge in [0.2, 0.25) is 5.91 Å². The molecule has 1 aromatic carbocycles. The molecule has 3 heteroatoms. The van der Waals surface area contributed by atoms with Crippen molar-refractivity contribution in [1.82, 2.24) is 5.32 Å². The molecule has 1 N–H and O–H groups in total. The second kappa shape index (κ2) is 8.20. The number of rotatable bonds is 7. The first kappa shape index (κ1) is 15.1. The standard InChI is InChI=1S/C15H23NOS/c1-4-8-12(2)16-15(17)13(3)18-11-14-9-6-5-7-10-14/h5-7,9-10,12-13H,4,8,11H2,1-3H3,(H,16,17)/t12-,13+/m1/s1. The van der Waals surface area contributed by atoms with Crippen LogP contribution in [0.25, 0.3) is 0 Å². The Hall–Kier alpha value is -0.960. The Kier molecular flexibility index (Phi) is 6.88. The van der Waals surface area contributed by atoms with E-state index < -0.39 is 0 Å². The smallest absolute Gasteiger partial charge is 0.233 e. The fraction of sp³-hybridized carbons (Fsp3) is 0.533. The van der Waals surface area contributed by atoms with E-state index in [9.17, 15) is 4.79 Å². The van der Waals surface area contributed by atoms with Crippen molar-refractivity contribution in [3.63, 3.8) is 0 Å². The number of thioether (sulfide) groups is 1. The van der Waals surface area contributed by atoms with Gasteiger partial charge < -0.3 is 5.32 Å². The number of hydrogen-bond donors (Lipinski definition) is 1. The maximum atomic E-state index is 11.9. The summed E-state index contributed by atoms with van der Waals surface area (Å²) in [6.45, 7) is 6.17. The van der Waals surface area contributed by atoms with Gasteiger partial charge in [-0.05, 0) is 25.8 Å². The number of carbonyl (C=O) groups is 1. The molecule has 0 aliphatic rings. The van der Waals surface area contributed by atoms with Crippen molar-refractivity contribution in [1.29, 1.82) is 0 Å². The van der Waals surface area contributed by atoms with Gasteiger partial charge in [0.25, 0.3) is 0 Å². The van der Waals surface area contributed by atoms with Crippen LogP contribution in [0.4, 0.5) is 0 Å². The van der Waals surface area contributed by atoms with E-state index in [1.54, 1.807) is 11.8 Å². The minimum absolute atomic E-state index is 0.00418. The SMILES string of the molecule is CCC[C@@H](C)NC(=O)[C@H](C)SCc1ccccc1. The zero-order valence-corrected chi connectivity index (χ0v) is 12.3. The van der Waals surface area contributed by atoms with Gasteiger partial charge in [-0.1, -0.05) is 43.7 Å². The summed E-state index contributed by atoms with van der Waals surface area (Å²) in [4.78, 5) is 11.9. The van der Waals surface area contributed by atoms with E-state index in [1.165, 1.54) is 5.56 Å². The van der Waals surface area contributed by atoms with E-state index in [2.05, 4.69) is 31.3 Å². The molecular weight excluding hydrogens is 242 g/mol. The van der Waals surface area contributed by atoms with Crippen LogP contribution in [0.15, 0.2) is 30.3 Å². The highest BCUT2D eigenvalue weighted by molar-refractivity contribution is 7.99. The van der Waals surface area contributed by atoms with Crippen LogP contribution in [0.2, 0.25) is 0 Å². The minimum Gasteiger partial charge on any atom is -0.353 e. The van der Waals surface area contributed by atoms with Gasteiger partial charge in [0, 0.05) is 11.8 Å². The first-order valence-corrected chi connectivity index (χ1v) is 7.64. The topological polar surface area (TPSA) is 29.1 Å². The Bertz CT molecular complexity index is 353. The van der Waals surface area contributed by atoms with E-state index in [0.29, 0.717) is 0 Å². The van der Waals surface area contributed by atoms with Gasteiger partial charge in [0.1, 0.15) is 0 Å². The maximum absolute atomic E-state index is 11.9. The minimum atomic E-state index is 0.00418. The Labute approximate surface area is 115 Å². The third-order valence-electron chi connectivity index (χ3n) is 2.82. The molecule has 0 spiro atoms. The number of hydrogen-bond acceptors (Lipinski definition) is 2. The molecule has 2 nitrogen and oxygen atoms in total. The largest absolute Gasteiger partial charge is 0.353 e. The molecule has 0 bridgehead atoms. The highest BCUT2D eigenvalue weighted by atomic mass is 32.2. The molecular formula is C15H23NOS. The molecule has 1 aromatic rings. The van der Waals surface area contributed by atoms with Crippen LogP contribution < -0.4 is 5.32 Å². The first-order valence-electron chi connectivity index (χ1n) is 6.59. The zero-order chi connectivity index (χ0) is 13.4. The molecule has 2 atom stereocenters. The monoisotopic (exact) mass is 265 g/mol. The summed E-state index contributed by atoms with van der Waals surface area (Å²) >= 11 is 1.69. The van der Waals surface area contributed by atoms with Crippen molar-refractivity contribution in [3.05, 3.63) is 35.9 Å². The van der Waals surface area contributed by atoms with Crippen LogP contribution >= 0.6 is 11.8 Å². The predicted octanol–water partition coefficient (Wildman–Crippen LogP) is 3.61. The van der Waals surface area contributed by atoms with Gasteiger partial charge >= 0.3 is 0 Å². The number of nitrogens with one attached hydrogen (secondary N) is 1. The van der Waals surface area contributed by atoms with Gasteiger partial charge in [-0.3, -0.25) is 4.79 Å². The van der Waals surface area contributed by atoms with E-state index in [-0.39, 0.29) is 17.2 Å². The lowest BCUT2D eigenvalue weighted by atomic mass is 10.2. The van der Waals surface area contributed by atoms with Crippen LogP contribution in [-0.4, -0.2) is 17.2 Å². The molecule has 1 amide bonds. The summed E-state index contributed by atoms with van der Waals surface area (Å²) in [5.74, 6) is 1.04. The second-order valence-electron chi connectivity index (χ2n) is 4.64.